The van der Waals surface area contributed by atoms with Crippen molar-refractivity contribution in [2.45, 2.75) is 56.7 Å². The topological polar surface area (TPSA) is 96.2 Å². The summed E-state index contributed by atoms with van der Waals surface area (Å²) in [6.07, 6.45) is 6.06. The van der Waals surface area contributed by atoms with Gasteiger partial charge in [-0.3, -0.25) is 4.79 Å². The van der Waals surface area contributed by atoms with Crippen molar-refractivity contribution in [2.24, 2.45) is 7.05 Å². The predicted molar refractivity (Wildman–Crippen MR) is 128 cm³/mol. The Morgan fingerprint density at radius 1 is 1.06 bits per heavy atom. The summed E-state index contributed by atoms with van der Waals surface area (Å²) in [4.78, 5) is 18.4. The van der Waals surface area contributed by atoms with Crippen molar-refractivity contribution in [1.29, 1.82) is 0 Å². The van der Waals surface area contributed by atoms with Gasteiger partial charge in [0.25, 0.3) is 5.56 Å². The summed E-state index contributed by atoms with van der Waals surface area (Å²) < 4.78 is 1.40. The molecule has 0 saturated carbocycles. The molecule has 0 unspecified atom stereocenters. The van der Waals surface area contributed by atoms with Gasteiger partial charge in [0.15, 0.2) is 5.82 Å². The summed E-state index contributed by atoms with van der Waals surface area (Å²) in [5, 5.41) is 23.3. The van der Waals surface area contributed by atoms with E-state index in [-0.39, 0.29) is 22.4 Å². The van der Waals surface area contributed by atoms with Crippen LogP contribution in [0.3, 0.4) is 0 Å². The molecule has 33 heavy (non-hydrogen) atoms. The number of rotatable bonds is 4. The third-order valence-corrected chi connectivity index (χ3v) is 7.31. The molecule has 4 heterocycles. The van der Waals surface area contributed by atoms with Crippen LogP contribution in [-0.2, 0) is 7.05 Å². The second-order valence-corrected chi connectivity index (χ2v) is 10.2. The Balaban J connectivity index is 1.36. The Kier molecular flexibility index (Phi) is 5.01. The smallest absolute Gasteiger partial charge is 0.253 e. The predicted octanol–water partition coefficient (Wildman–Crippen LogP) is 3.11. The molecule has 172 valence electrons. The first-order valence-electron chi connectivity index (χ1n) is 11.4. The van der Waals surface area contributed by atoms with E-state index in [1.54, 1.807) is 19.2 Å². The van der Waals surface area contributed by atoms with Crippen molar-refractivity contribution in [2.75, 3.05) is 11.9 Å². The van der Waals surface area contributed by atoms with Crippen LogP contribution in [0.25, 0.3) is 22.5 Å². The molecular weight excluding hydrogens is 416 g/mol. The number of hydrogen-bond donors (Lipinski definition) is 2. The number of aromatic hydroxyl groups is 1. The van der Waals surface area contributed by atoms with E-state index in [2.05, 4.69) is 46.3 Å². The Morgan fingerprint density at radius 3 is 2.39 bits per heavy atom. The number of nitrogens with one attached hydrogen (secondary N) is 1. The van der Waals surface area contributed by atoms with Crippen LogP contribution in [0.2, 0.25) is 0 Å². The van der Waals surface area contributed by atoms with Gasteiger partial charge in [-0.25, -0.2) is 4.98 Å². The highest BCUT2D eigenvalue weighted by atomic mass is 16.3. The number of benzene rings is 1. The lowest BCUT2D eigenvalue weighted by Gasteiger charge is -2.45. The molecule has 0 radical (unpaired) electrons. The van der Waals surface area contributed by atoms with E-state index in [1.165, 1.54) is 29.8 Å². The van der Waals surface area contributed by atoms with Gasteiger partial charge < -0.3 is 19.9 Å². The van der Waals surface area contributed by atoms with Crippen LogP contribution in [0.15, 0.2) is 47.5 Å². The van der Waals surface area contributed by atoms with E-state index in [9.17, 15) is 9.90 Å². The quantitative estimate of drug-likeness (QED) is 0.636. The Hall–Kier alpha value is -3.26. The van der Waals surface area contributed by atoms with Crippen molar-refractivity contribution in [1.82, 2.24) is 25.1 Å². The molecular formula is C25H30N6O2. The largest absolute Gasteiger partial charge is 0.507 e. The normalized spacial score (nSPS) is 26.4. The van der Waals surface area contributed by atoms with Crippen molar-refractivity contribution in [3.05, 3.63) is 53.1 Å². The number of fused-ring (bicyclic) bond motifs is 2. The average molecular weight is 447 g/mol. The number of aryl methyl sites for hydroxylation is 1. The molecule has 1 aromatic carbocycles. The zero-order valence-corrected chi connectivity index (χ0v) is 19.5. The van der Waals surface area contributed by atoms with Gasteiger partial charge in [0.1, 0.15) is 5.75 Å². The van der Waals surface area contributed by atoms with Gasteiger partial charge in [-0.05, 0) is 63.8 Å². The lowest BCUT2D eigenvalue weighted by Crippen LogP contribution is -2.58. The average Bonchev–Trinajstić information content (AvgIpc) is 3.01. The zero-order chi connectivity index (χ0) is 23.4. The molecule has 3 aromatic rings. The highest BCUT2D eigenvalue weighted by Crippen LogP contribution is 2.43. The van der Waals surface area contributed by atoms with Gasteiger partial charge in [-0.15, -0.1) is 10.2 Å². The Labute approximate surface area is 193 Å². The van der Waals surface area contributed by atoms with Gasteiger partial charge >= 0.3 is 0 Å². The molecule has 0 spiro atoms. The number of nitrogens with zero attached hydrogens (tertiary/aromatic N) is 5. The molecule has 2 fully saturated rings. The van der Waals surface area contributed by atoms with Gasteiger partial charge in [-0.2, -0.15) is 0 Å². The Morgan fingerprint density at radius 2 is 1.79 bits per heavy atom. The first kappa shape index (κ1) is 21.6. The van der Waals surface area contributed by atoms with Crippen LogP contribution >= 0.6 is 0 Å². The molecule has 0 amide bonds. The zero-order valence-electron chi connectivity index (χ0n) is 19.5. The molecule has 8 nitrogen and oxygen atoms in total. The summed E-state index contributed by atoms with van der Waals surface area (Å²) in [7, 11) is 3.74. The third kappa shape index (κ3) is 3.99. The van der Waals surface area contributed by atoms with Gasteiger partial charge in [-0.1, -0.05) is 6.07 Å². The summed E-state index contributed by atoms with van der Waals surface area (Å²) in [6, 6.07) is 10.9. The van der Waals surface area contributed by atoms with Crippen molar-refractivity contribution in [3.8, 4) is 28.3 Å². The number of aromatic nitrogens is 4. The van der Waals surface area contributed by atoms with Crippen LogP contribution in [-0.4, -0.2) is 49.0 Å². The number of piperidine rings is 1. The van der Waals surface area contributed by atoms with Crippen molar-refractivity contribution >= 4 is 5.82 Å². The number of phenolic OH excluding ortho intramolecular Hbond substituents is 1. The fraction of sp³-hybridized carbons (Fsp3) is 0.440. The van der Waals surface area contributed by atoms with E-state index < -0.39 is 0 Å². The second-order valence-electron chi connectivity index (χ2n) is 10.2. The van der Waals surface area contributed by atoms with Crippen molar-refractivity contribution in [3.63, 3.8) is 0 Å². The van der Waals surface area contributed by atoms with Crippen LogP contribution < -0.4 is 15.8 Å². The van der Waals surface area contributed by atoms with Crippen LogP contribution in [0.4, 0.5) is 5.82 Å². The highest BCUT2D eigenvalue weighted by Gasteiger charge is 2.49. The standard InChI is InChI=1S/C25H30N6O2/c1-24-9-10-25(2,29-24)14-17(13-24)31(4)22-8-7-19(27-28-22)18-6-5-16(11-21(18)32)20-12-23(33)30(3)15-26-20/h5-8,11-12,15,17,29,32H,9-10,13-14H2,1-4H3/t17-,24+,25-. The van der Waals surface area contributed by atoms with E-state index in [1.807, 2.05) is 18.2 Å². The minimum Gasteiger partial charge on any atom is -0.507 e. The molecule has 5 rings (SSSR count). The lowest BCUT2D eigenvalue weighted by atomic mass is 9.84. The summed E-state index contributed by atoms with van der Waals surface area (Å²) >= 11 is 0. The van der Waals surface area contributed by atoms with E-state index >= 15 is 0 Å². The van der Waals surface area contributed by atoms with Crippen LogP contribution in [0.5, 0.6) is 5.75 Å². The fourth-order valence-electron chi connectivity index (χ4n) is 5.47. The van der Waals surface area contributed by atoms with Crippen LogP contribution in [0, 0.1) is 0 Å². The van der Waals surface area contributed by atoms with Crippen LogP contribution in [0.1, 0.15) is 39.5 Å². The van der Waals surface area contributed by atoms with Gasteiger partial charge in [0.05, 0.1) is 17.7 Å². The van der Waals surface area contributed by atoms with Crippen molar-refractivity contribution < 1.29 is 5.11 Å². The first-order chi connectivity index (χ1) is 15.6. The maximum atomic E-state index is 11.9. The molecule has 2 bridgehead atoms. The van der Waals surface area contributed by atoms with E-state index in [0.717, 1.165) is 18.7 Å². The minimum atomic E-state index is -0.154. The SMILES string of the molecule is CN(c1ccc(-c2ccc(-c3cc(=O)n(C)cn3)cc2O)nn1)[C@@H]1C[C@]2(C)CC[C@](C)(C1)N2. The highest BCUT2D eigenvalue weighted by molar-refractivity contribution is 5.73. The molecule has 0 aliphatic carbocycles. The number of anilines is 1. The maximum Gasteiger partial charge on any atom is 0.253 e. The van der Waals surface area contributed by atoms with E-state index in [0.29, 0.717) is 28.6 Å². The number of phenols is 1. The lowest BCUT2D eigenvalue weighted by molar-refractivity contribution is 0.207. The molecule has 2 saturated heterocycles. The third-order valence-electron chi connectivity index (χ3n) is 7.31. The summed E-state index contributed by atoms with van der Waals surface area (Å²) in [5.41, 5.74) is 2.58. The van der Waals surface area contributed by atoms with E-state index in [4.69, 9.17) is 0 Å². The number of hydrogen-bond acceptors (Lipinski definition) is 7. The molecule has 3 atom stereocenters. The summed E-state index contributed by atoms with van der Waals surface area (Å²) in [5.74, 6) is 0.902. The molecule has 8 heteroatoms. The monoisotopic (exact) mass is 446 g/mol. The Bertz CT molecular complexity index is 1240. The van der Waals surface area contributed by atoms with Gasteiger partial charge in [0, 0.05) is 48.4 Å². The molecule has 2 aliphatic rings. The molecule has 2 aliphatic heterocycles. The fourth-order valence-corrected chi connectivity index (χ4v) is 5.47. The molecule has 2 N–H and O–H groups in total. The molecule has 2 aromatic heterocycles. The first-order valence-corrected chi connectivity index (χ1v) is 11.4. The second kappa shape index (κ2) is 7.66. The summed E-state index contributed by atoms with van der Waals surface area (Å²) in [6.45, 7) is 4.64. The van der Waals surface area contributed by atoms with Gasteiger partial charge in [0.2, 0.25) is 0 Å². The maximum absolute atomic E-state index is 11.9. The minimum absolute atomic E-state index is 0.0705.